The van der Waals surface area contributed by atoms with Gasteiger partial charge in [-0.15, -0.1) is 0 Å². The highest BCUT2D eigenvalue weighted by Crippen LogP contribution is 2.42. The van der Waals surface area contributed by atoms with Crippen molar-refractivity contribution in [3.05, 3.63) is 11.1 Å². The fourth-order valence-electron chi connectivity index (χ4n) is 2.49. The van der Waals surface area contributed by atoms with Crippen LogP contribution in [0, 0.1) is 5.92 Å². The lowest BCUT2D eigenvalue weighted by molar-refractivity contribution is -0.126. The van der Waals surface area contributed by atoms with Crippen LogP contribution in [0.5, 0.6) is 0 Å². The van der Waals surface area contributed by atoms with Crippen LogP contribution in [0.25, 0.3) is 0 Å². The Morgan fingerprint density at radius 1 is 1.54 bits per heavy atom. The van der Waals surface area contributed by atoms with E-state index in [1.165, 1.54) is 0 Å². The maximum absolute atomic E-state index is 11.7. The average Bonchev–Trinajstić information content (AvgIpc) is 2.44. The highest BCUT2D eigenvalue weighted by Gasteiger charge is 2.49. The van der Waals surface area contributed by atoms with Gasteiger partial charge < -0.3 is 4.90 Å². The Labute approximate surface area is 80.4 Å². The summed E-state index contributed by atoms with van der Waals surface area (Å²) in [4.78, 5) is 13.6. The van der Waals surface area contributed by atoms with Crippen LogP contribution in [0.15, 0.2) is 11.1 Å². The SMILES string of the molecule is [B]C12CC(C)CN1C(=O)C(C)=C2C. The number of amides is 1. The number of hydrogen-bond donors (Lipinski definition) is 0. The second kappa shape index (κ2) is 2.40. The lowest BCUT2D eigenvalue weighted by Crippen LogP contribution is -2.43. The van der Waals surface area contributed by atoms with Gasteiger partial charge in [-0.25, -0.2) is 0 Å². The summed E-state index contributed by atoms with van der Waals surface area (Å²) in [5.74, 6) is 0.654. The second-order valence-electron chi connectivity index (χ2n) is 4.40. The van der Waals surface area contributed by atoms with Gasteiger partial charge in [0.1, 0.15) is 7.85 Å². The average molecular weight is 175 g/mol. The molecule has 0 aliphatic carbocycles. The molecule has 68 valence electrons. The number of nitrogens with zero attached hydrogens (tertiary/aromatic N) is 1. The zero-order chi connectivity index (χ0) is 9.80. The summed E-state index contributed by atoms with van der Waals surface area (Å²) in [5, 5.41) is 0. The molecule has 2 heterocycles. The topological polar surface area (TPSA) is 20.3 Å². The summed E-state index contributed by atoms with van der Waals surface area (Å²) in [6.07, 6.45) is 0.905. The van der Waals surface area contributed by atoms with Crippen molar-refractivity contribution in [2.24, 2.45) is 5.92 Å². The third-order valence-electron chi connectivity index (χ3n) is 3.41. The van der Waals surface area contributed by atoms with Crippen LogP contribution in [0.2, 0.25) is 0 Å². The number of carbonyl (C=O) groups excluding carboxylic acids is 1. The van der Waals surface area contributed by atoms with Crippen molar-refractivity contribution in [1.29, 1.82) is 0 Å². The molecule has 2 aliphatic rings. The lowest BCUT2D eigenvalue weighted by Gasteiger charge is -2.30. The van der Waals surface area contributed by atoms with E-state index in [1.54, 1.807) is 0 Å². The molecule has 2 unspecified atom stereocenters. The molecule has 0 saturated carbocycles. The zero-order valence-electron chi connectivity index (χ0n) is 8.42. The Morgan fingerprint density at radius 2 is 2.15 bits per heavy atom. The minimum Gasteiger partial charge on any atom is -0.338 e. The Balaban J connectivity index is 2.45. The molecule has 0 spiro atoms. The quantitative estimate of drug-likeness (QED) is 0.504. The van der Waals surface area contributed by atoms with E-state index in [4.69, 9.17) is 7.85 Å². The molecule has 0 aromatic carbocycles. The maximum Gasteiger partial charge on any atom is 0.249 e. The van der Waals surface area contributed by atoms with Gasteiger partial charge in [-0.05, 0) is 31.8 Å². The lowest BCUT2D eigenvalue weighted by atomic mass is 9.70. The predicted molar refractivity (Wildman–Crippen MR) is 52.4 cm³/mol. The minimum absolute atomic E-state index is 0.129. The largest absolute Gasteiger partial charge is 0.338 e. The molecule has 0 aromatic rings. The van der Waals surface area contributed by atoms with E-state index in [0.717, 1.165) is 24.1 Å². The van der Waals surface area contributed by atoms with E-state index < -0.39 is 5.44 Å². The van der Waals surface area contributed by atoms with Crippen molar-refractivity contribution in [1.82, 2.24) is 4.90 Å². The van der Waals surface area contributed by atoms with E-state index in [9.17, 15) is 4.79 Å². The van der Waals surface area contributed by atoms with Crippen LogP contribution in [-0.2, 0) is 4.79 Å². The summed E-state index contributed by atoms with van der Waals surface area (Å²) < 4.78 is 0. The van der Waals surface area contributed by atoms with Crippen LogP contribution in [0.3, 0.4) is 0 Å². The molecule has 0 N–H and O–H groups in total. The number of hydrogen-bond acceptors (Lipinski definition) is 1. The Kier molecular flexibility index (Phi) is 1.63. The van der Waals surface area contributed by atoms with Gasteiger partial charge in [0.05, 0.1) is 0 Å². The van der Waals surface area contributed by atoms with Gasteiger partial charge in [0, 0.05) is 17.6 Å². The molecule has 2 atom stereocenters. The first-order valence-corrected chi connectivity index (χ1v) is 4.75. The van der Waals surface area contributed by atoms with E-state index >= 15 is 0 Å². The summed E-state index contributed by atoms with van der Waals surface area (Å²) in [7, 11) is 6.23. The zero-order valence-corrected chi connectivity index (χ0v) is 8.42. The standard InChI is InChI=1S/C10H14BNO/c1-6-4-10(11)8(3)7(2)9(13)12(10)5-6/h6H,4-5H2,1-3H3. The minimum atomic E-state index is -0.458. The number of fused-ring (bicyclic) bond motifs is 1. The maximum atomic E-state index is 11.7. The third-order valence-corrected chi connectivity index (χ3v) is 3.41. The van der Waals surface area contributed by atoms with Crippen molar-refractivity contribution in [2.45, 2.75) is 32.6 Å². The van der Waals surface area contributed by atoms with Crippen LogP contribution < -0.4 is 0 Å². The summed E-state index contributed by atoms with van der Waals surface area (Å²) in [6, 6.07) is 0. The van der Waals surface area contributed by atoms with Gasteiger partial charge in [0.2, 0.25) is 5.91 Å². The Morgan fingerprint density at radius 3 is 2.69 bits per heavy atom. The molecule has 2 radical (unpaired) electrons. The van der Waals surface area contributed by atoms with Crippen molar-refractivity contribution in [3.8, 4) is 0 Å². The Bertz CT molecular complexity index is 310. The summed E-state index contributed by atoms with van der Waals surface area (Å²) in [6.45, 7) is 6.80. The first-order valence-electron chi connectivity index (χ1n) is 4.75. The van der Waals surface area contributed by atoms with Crippen molar-refractivity contribution in [3.63, 3.8) is 0 Å². The summed E-state index contributed by atoms with van der Waals surface area (Å²) in [5.41, 5.74) is 1.44. The van der Waals surface area contributed by atoms with Crippen molar-refractivity contribution in [2.75, 3.05) is 6.54 Å². The third kappa shape index (κ3) is 0.931. The fourth-order valence-corrected chi connectivity index (χ4v) is 2.49. The molecule has 1 saturated heterocycles. The Hall–Kier alpha value is -0.725. The first kappa shape index (κ1) is 8.85. The number of carbonyl (C=O) groups is 1. The molecule has 13 heavy (non-hydrogen) atoms. The van der Waals surface area contributed by atoms with E-state index in [1.807, 2.05) is 18.7 Å². The highest BCUT2D eigenvalue weighted by atomic mass is 16.2. The predicted octanol–water partition coefficient (Wildman–Crippen LogP) is 1.07. The van der Waals surface area contributed by atoms with Crippen LogP contribution in [0.4, 0.5) is 0 Å². The molecule has 3 heteroatoms. The van der Waals surface area contributed by atoms with Crippen molar-refractivity contribution < 1.29 is 4.79 Å². The van der Waals surface area contributed by atoms with Gasteiger partial charge in [-0.1, -0.05) is 6.92 Å². The van der Waals surface area contributed by atoms with E-state index in [2.05, 4.69) is 6.92 Å². The highest BCUT2D eigenvalue weighted by molar-refractivity contribution is 6.22. The first-order chi connectivity index (χ1) is 5.97. The molecule has 1 amide bonds. The molecule has 2 aliphatic heterocycles. The van der Waals surface area contributed by atoms with Gasteiger partial charge in [-0.2, -0.15) is 0 Å². The fraction of sp³-hybridized carbons (Fsp3) is 0.700. The monoisotopic (exact) mass is 175 g/mol. The molecule has 0 bridgehead atoms. The molecule has 0 aromatic heterocycles. The molecule has 2 rings (SSSR count). The van der Waals surface area contributed by atoms with E-state index in [-0.39, 0.29) is 5.91 Å². The smallest absolute Gasteiger partial charge is 0.249 e. The molecular formula is C10H14BNO. The molecule has 1 fully saturated rings. The van der Waals surface area contributed by atoms with Crippen LogP contribution >= 0.6 is 0 Å². The van der Waals surface area contributed by atoms with Gasteiger partial charge in [-0.3, -0.25) is 4.79 Å². The van der Waals surface area contributed by atoms with Gasteiger partial charge in [0.15, 0.2) is 0 Å². The van der Waals surface area contributed by atoms with Gasteiger partial charge >= 0.3 is 0 Å². The summed E-state index contributed by atoms with van der Waals surface area (Å²) >= 11 is 0. The normalized spacial score (nSPS) is 38.8. The molecular weight excluding hydrogens is 161 g/mol. The molecule has 2 nitrogen and oxygen atoms in total. The van der Waals surface area contributed by atoms with Crippen molar-refractivity contribution >= 4 is 13.8 Å². The van der Waals surface area contributed by atoms with Crippen LogP contribution in [0.1, 0.15) is 27.2 Å². The van der Waals surface area contributed by atoms with Gasteiger partial charge in [0.25, 0.3) is 0 Å². The second-order valence-corrected chi connectivity index (χ2v) is 4.40. The number of rotatable bonds is 0. The van der Waals surface area contributed by atoms with Crippen LogP contribution in [-0.4, -0.2) is 30.6 Å². The van der Waals surface area contributed by atoms with E-state index in [0.29, 0.717) is 5.92 Å².